The highest BCUT2D eigenvalue weighted by atomic mass is 19.4. The first-order valence-corrected chi connectivity index (χ1v) is 6.31. The van der Waals surface area contributed by atoms with Gasteiger partial charge in [0.1, 0.15) is 0 Å². The highest BCUT2D eigenvalue weighted by Crippen LogP contribution is 2.39. The van der Waals surface area contributed by atoms with Gasteiger partial charge in [-0.3, -0.25) is 0 Å². The van der Waals surface area contributed by atoms with Gasteiger partial charge in [0.2, 0.25) is 0 Å². The molecule has 0 amide bonds. The van der Waals surface area contributed by atoms with E-state index in [4.69, 9.17) is 0 Å². The van der Waals surface area contributed by atoms with E-state index < -0.39 is 18.4 Å². The zero-order valence-electron chi connectivity index (χ0n) is 11.1. The molecule has 1 atom stereocenters. The third-order valence-corrected chi connectivity index (χ3v) is 3.20. The highest BCUT2D eigenvalue weighted by molar-refractivity contribution is 6.01. The van der Waals surface area contributed by atoms with Gasteiger partial charge in [-0.15, -0.1) is 0 Å². The van der Waals surface area contributed by atoms with E-state index in [1.54, 1.807) is 42.7 Å². The number of halogens is 3. The number of hydrogen-bond donors (Lipinski definition) is 1. The maximum atomic E-state index is 12.7. The summed E-state index contributed by atoms with van der Waals surface area (Å²) in [5.41, 5.74) is 1.18. The number of aliphatic hydroxyl groups is 1. The van der Waals surface area contributed by atoms with Gasteiger partial charge in [0.15, 0.2) is 5.82 Å². The fraction of sp³-hybridized carbons (Fsp3) is 0.214. The first kappa shape index (κ1) is 14.5. The second-order valence-electron chi connectivity index (χ2n) is 4.74. The number of oxime groups is 1. The Kier molecular flexibility index (Phi) is 3.32. The number of nitrogens with zero attached hydrogens (tertiary/aromatic N) is 3. The van der Waals surface area contributed by atoms with Crippen LogP contribution in [0.1, 0.15) is 12.0 Å². The van der Waals surface area contributed by atoms with Gasteiger partial charge in [0.25, 0.3) is 0 Å². The Morgan fingerprint density at radius 1 is 1.05 bits per heavy atom. The van der Waals surface area contributed by atoms with E-state index in [0.29, 0.717) is 11.4 Å². The minimum atomic E-state index is -4.91. The van der Waals surface area contributed by atoms with Gasteiger partial charge in [0.05, 0.1) is 12.1 Å². The largest absolute Gasteiger partial charge is 0.458 e. The summed E-state index contributed by atoms with van der Waals surface area (Å²) in [5, 5.41) is 12.8. The zero-order chi connectivity index (χ0) is 15.8. The molecular formula is C14H10F3N3O2. The summed E-state index contributed by atoms with van der Waals surface area (Å²) in [4.78, 5) is 12.3. The predicted molar refractivity (Wildman–Crippen MR) is 70.7 cm³/mol. The monoisotopic (exact) mass is 309 g/mol. The van der Waals surface area contributed by atoms with Gasteiger partial charge in [-0.25, -0.2) is 9.97 Å². The number of aromatic nitrogens is 2. The van der Waals surface area contributed by atoms with Gasteiger partial charge in [-0.05, 0) is 11.6 Å². The van der Waals surface area contributed by atoms with E-state index in [1.165, 1.54) is 0 Å². The van der Waals surface area contributed by atoms with Crippen LogP contribution in [-0.2, 0) is 4.84 Å². The summed E-state index contributed by atoms with van der Waals surface area (Å²) in [6, 6.07) is 8.17. The van der Waals surface area contributed by atoms with Crippen molar-refractivity contribution in [3.8, 4) is 11.4 Å². The molecule has 3 rings (SSSR count). The van der Waals surface area contributed by atoms with Crippen LogP contribution in [0.5, 0.6) is 0 Å². The summed E-state index contributed by atoms with van der Waals surface area (Å²) < 4.78 is 38.0. The Balaban J connectivity index is 1.81. The van der Waals surface area contributed by atoms with Crippen LogP contribution in [-0.4, -0.2) is 32.7 Å². The molecule has 1 aromatic heterocycles. The van der Waals surface area contributed by atoms with Crippen molar-refractivity contribution < 1.29 is 23.1 Å². The van der Waals surface area contributed by atoms with Gasteiger partial charge < -0.3 is 9.94 Å². The topological polar surface area (TPSA) is 67.6 Å². The van der Waals surface area contributed by atoms with Crippen molar-refractivity contribution in [3.05, 3.63) is 48.3 Å². The van der Waals surface area contributed by atoms with Crippen LogP contribution >= 0.6 is 0 Å². The van der Waals surface area contributed by atoms with Crippen LogP contribution in [0.3, 0.4) is 0 Å². The van der Waals surface area contributed by atoms with Gasteiger partial charge in [-0.2, -0.15) is 13.2 Å². The molecule has 22 heavy (non-hydrogen) atoms. The highest BCUT2D eigenvalue weighted by Gasteiger charge is 2.60. The molecule has 0 bridgehead atoms. The first-order chi connectivity index (χ1) is 10.4. The number of rotatable bonds is 2. The van der Waals surface area contributed by atoms with E-state index in [-0.39, 0.29) is 5.71 Å². The Hall–Kier alpha value is -2.48. The maximum Gasteiger partial charge on any atom is 0.458 e. The molecule has 114 valence electrons. The molecule has 1 N–H and O–H groups in total. The zero-order valence-corrected chi connectivity index (χ0v) is 11.1. The fourth-order valence-corrected chi connectivity index (χ4v) is 1.99. The van der Waals surface area contributed by atoms with Gasteiger partial charge in [0, 0.05) is 18.0 Å². The Bertz CT molecular complexity index is 702. The first-order valence-electron chi connectivity index (χ1n) is 6.31. The maximum absolute atomic E-state index is 12.7. The molecule has 2 heterocycles. The van der Waals surface area contributed by atoms with E-state index in [0.717, 1.165) is 5.56 Å². The van der Waals surface area contributed by atoms with Crippen LogP contribution in [0, 0.1) is 0 Å². The van der Waals surface area contributed by atoms with Gasteiger partial charge >= 0.3 is 12.0 Å². The van der Waals surface area contributed by atoms with Crippen LogP contribution in [0.15, 0.2) is 47.9 Å². The summed E-state index contributed by atoms with van der Waals surface area (Å²) in [6.45, 7) is 0. The lowest BCUT2D eigenvalue weighted by Gasteiger charge is -2.22. The summed E-state index contributed by atoms with van der Waals surface area (Å²) in [6.07, 6.45) is -2.48. The molecule has 1 aromatic carbocycles. The molecular weight excluding hydrogens is 299 g/mol. The van der Waals surface area contributed by atoms with Gasteiger partial charge in [-0.1, -0.05) is 29.4 Å². The molecule has 0 aliphatic carbocycles. The van der Waals surface area contributed by atoms with E-state index in [2.05, 4.69) is 20.0 Å². The number of benzene rings is 1. The standard InChI is InChI=1S/C14H10F3N3O2/c15-14(16,17)13(21)8-11(20-22-13)9-2-4-10(5-3-9)12-18-6-1-7-19-12/h1-7,21H,8H2. The summed E-state index contributed by atoms with van der Waals surface area (Å²) in [5.74, 6) is -2.76. The molecule has 0 spiro atoms. The fourth-order valence-electron chi connectivity index (χ4n) is 1.99. The van der Waals surface area contributed by atoms with Crippen molar-refractivity contribution >= 4 is 5.71 Å². The third-order valence-electron chi connectivity index (χ3n) is 3.20. The van der Waals surface area contributed by atoms with E-state index in [1.807, 2.05) is 0 Å². The predicted octanol–water partition coefficient (Wildman–Crippen LogP) is 2.52. The average Bonchev–Trinajstić information content (AvgIpc) is 2.92. The van der Waals surface area contributed by atoms with Crippen LogP contribution in [0.2, 0.25) is 0 Å². The SMILES string of the molecule is OC1(C(F)(F)F)CC(c2ccc(-c3ncccn3)cc2)=NO1. The molecule has 0 radical (unpaired) electrons. The van der Waals surface area contributed by atoms with Crippen molar-refractivity contribution in [2.24, 2.45) is 5.16 Å². The van der Waals surface area contributed by atoms with E-state index in [9.17, 15) is 18.3 Å². The van der Waals surface area contributed by atoms with Crippen LogP contribution in [0.25, 0.3) is 11.4 Å². The molecule has 0 saturated heterocycles. The second kappa shape index (κ2) is 5.06. The lowest BCUT2D eigenvalue weighted by atomic mass is 10.0. The Morgan fingerprint density at radius 3 is 2.18 bits per heavy atom. The molecule has 0 saturated carbocycles. The number of alkyl halides is 3. The smallest absolute Gasteiger partial charge is 0.350 e. The molecule has 8 heteroatoms. The van der Waals surface area contributed by atoms with Crippen LogP contribution < -0.4 is 0 Å². The summed E-state index contributed by atoms with van der Waals surface area (Å²) in [7, 11) is 0. The molecule has 0 fully saturated rings. The quantitative estimate of drug-likeness (QED) is 0.925. The summed E-state index contributed by atoms with van der Waals surface area (Å²) >= 11 is 0. The third kappa shape index (κ3) is 2.52. The normalized spacial score (nSPS) is 21.4. The molecule has 1 aliphatic rings. The van der Waals surface area contributed by atoms with Crippen molar-refractivity contribution in [1.82, 2.24) is 9.97 Å². The molecule has 1 unspecified atom stereocenters. The van der Waals surface area contributed by atoms with E-state index >= 15 is 0 Å². The lowest BCUT2D eigenvalue weighted by molar-refractivity contribution is -0.355. The van der Waals surface area contributed by atoms with Crippen molar-refractivity contribution in [2.45, 2.75) is 18.4 Å². The lowest BCUT2D eigenvalue weighted by Crippen LogP contribution is -2.45. The average molecular weight is 309 g/mol. The van der Waals surface area contributed by atoms with Crippen molar-refractivity contribution in [2.75, 3.05) is 0 Å². The minimum Gasteiger partial charge on any atom is -0.350 e. The Labute approximate surface area is 123 Å². The van der Waals surface area contributed by atoms with Crippen LogP contribution in [0.4, 0.5) is 13.2 Å². The molecule has 1 aliphatic heterocycles. The second-order valence-corrected chi connectivity index (χ2v) is 4.74. The Morgan fingerprint density at radius 2 is 1.64 bits per heavy atom. The molecule has 2 aromatic rings. The number of hydrogen-bond acceptors (Lipinski definition) is 5. The molecule has 5 nitrogen and oxygen atoms in total. The van der Waals surface area contributed by atoms with Crippen molar-refractivity contribution in [1.29, 1.82) is 0 Å². The van der Waals surface area contributed by atoms with Crippen molar-refractivity contribution in [3.63, 3.8) is 0 Å². The minimum absolute atomic E-state index is 0.0281.